The number of hydrogen-bond donors (Lipinski definition) is 3. The monoisotopic (exact) mass is 295 g/mol. The molecular weight excluding hydrogens is 270 g/mol. The summed E-state index contributed by atoms with van der Waals surface area (Å²) in [6, 6.07) is 1.78. The van der Waals surface area contributed by atoms with Crippen molar-refractivity contribution in [3.05, 3.63) is 11.9 Å². The van der Waals surface area contributed by atoms with Gasteiger partial charge in [0.25, 0.3) is 0 Å². The SMILES string of the molecule is CNc1cc(NCC(=O)NCCOC)nc(C(C)(C)C)n1. The summed E-state index contributed by atoms with van der Waals surface area (Å²) in [5, 5.41) is 8.76. The van der Waals surface area contributed by atoms with Crippen molar-refractivity contribution in [2.75, 3.05) is 44.5 Å². The zero-order valence-electron chi connectivity index (χ0n) is 13.4. The molecule has 0 unspecified atom stereocenters. The van der Waals surface area contributed by atoms with Gasteiger partial charge in [-0.05, 0) is 0 Å². The number of nitrogens with zero attached hydrogens (tertiary/aromatic N) is 2. The van der Waals surface area contributed by atoms with Crippen LogP contribution in [-0.4, -0.2) is 49.7 Å². The molecule has 0 saturated heterocycles. The van der Waals surface area contributed by atoms with Gasteiger partial charge in [-0.25, -0.2) is 9.97 Å². The fourth-order valence-electron chi connectivity index (χ4n) is 1.53. The second-order valence-electron chi connectivity index (χ2n) is 5.66. The lowest BCUT2D eigenvalue weighted by atomic mass is 9.96. The van der Waals surface area contributed by atoms with Crippen LogP contribution in [0.15, 0.2) is 6.07 Å². The predicted molar refractivity (Wildman–Crippen MR) is 83.7 cm³/mol. The van der Waals surface area contributed by atoms with Crippen molar-refractivity contribution in [3.8, 4) is 0 Å². The maximum absolute atomic E-state index is 11.6. The van der Waals surface area contributed by atoms with Crippen LogP contribution in [0.2, 0.25) is 0 Å². The highest BCUT2D eigenvalue weighted by atomic mass is 16.5. The van der Waals surface area contributed by atoms with E-state index in [1.54, 1.807) is 20.2 Å². The van der Waals surface area contributed by atoms with Crippen LogP contribution in [-0.2, 0) is 14.9 Å². The van der Waals surface area contributed by atoms with E-state index in [0.717, 1.165) is 11.6 Å². The average Bonchev–Trinajstić information content (AvgIpc) is 2.44. The second kappa shape index (κ2) is 7.78. The molecule has 0 bridgehead atoms. The minimum absolute atomic E-state index is 0.103. The Hall–Kier alpha value is -1.89. The van der Waals surface area contributed by atoms with Crippen molar-refractivity contribution in [1.29, 1.82) is 0 Å². The Morgan fingerprint density at radius 1 is 1.29 bits per heavy atom. The molecule has 0 aliphatic carbocycles. The van der Waals surface area contributed by atoms with Crippen LogP contribution >= 0.6 is 0 Å². The zero-order chi connectivity index (χ0) is 15.9. The maximum Gasteiger partial charge on any atom is 0.239 e. The van der Waals surface area contributed by atoms with Crippen LogP contribution in [0.3, 0.4) is 0 Å². The van der Waals surface area contributed by atoms with E-state index in [0.29, 0.717) is 19.0 Å². The summed E-state index contributed by atoms with van der Waals surface area (Å²) in [7, 11) is 3.40. The van der Waals surface area contributed by atoms with Crippen molar-refractivity contribution < 1.29 is 9.53 Å². The van der Waals surface area contributed by atoms with Gasteiger partial charge in [0.2, 0.25) is 5.91 Å². The van der Waals surface area contributed by atoms with Gasteiger partial charge in [-0.3, -0.25) is 4.79 Å². The zero-order valence-corrected chi connectivity index (χ0v) is 13.4. The lowest BCUT2D eigenvalue weighted by molar-refractivity contribution is -0.119. The molecule has 0 fully saturated rings. The molecule has 0 spiro atoms. The first-order valence-electron chi connectivity index (χ1n) is 6.93. The maximum atomic E-state index is 11.6. The molecule has 0 aliphatic heterocycles. The minimum Gasteiger partial charge on any atom is -0.383 e. The van der Waals surface area contributed by atoms with Crippen molar-refractivity contribution in [2.24, 2.45) is 0 Å². The summed E-state index contributed by atoms with van der Waals surface area (Å²) in [5.41, 5.74) is -0.163. The molecule has 1 aromatic rings. The quantitative estimate of drug-likeness (QED) is 0.650. The molecule has 0 aromatic carbocycles. The summed E-state index contributed by atoms with van der Waals surface area (Å²) in [4.78, 5) is 20.5. The third-order valence-electron chi connectivity index (χ3n) is 2.71. The first-order valence-corrected chi connectivity index (χ1v) is 6.93. The van der Waals surface area contributed by atoms with E-state index >= 15 is 0 Å². The summed E-state index contributed by atoms with van der Waals surface area (Å²) < 4.78 is 4.87. The van der Waals surface area contributed by atoms with Gasteiger partial charge >= 0.3 is 0 Å². The molecule has 0 aliphatic rings. The standard InChI is InChI=1S/C14H25N5O2/c1-14(2,3)13-18-10(15-4)8-11(19-13)17-9-12(20)16-6-7-21-5/h8H,6-7,9H2,1-5H3,(H,16,20)(H2,15,17,18,19). The number of nitrogens with one attached hydrogen (secondary N) is 3. The van der Waals surface area contributed by atoms with Crippen molar-refractivity contribution in [1.82, 2.24) is 15.3 Å². The Morgan fingerprint density at radius 2 is 1.95 bits per heavy atom. The number of hydrogen-bond acceptors (Lipinski definition) is 6. The van der Waals surface area contributed by atoms with Crippen LogP contribution in [0.1, 0.15) is 26.6 Å². The summed E-state index contributed by atoms with van der Waals surface area (Å²) in [6.07, 6.45) is 0. The summed E-state index contributed by atoms with van der Waals surface area (Å²) >= 11 is 0. The molecule has 7 heteroatoms. The molecule has 1 aromatic heterocycles. The molecule has 118 valence electrons. The molecule has 1 heterocycles. The number of anilines is 2. The van der Waals surface area contributed by atoms with Crippen LogP contribution < -0.4 is 16.0 Å². The number of methoxy groups -OCH3 is 1. The smallest absolute Gasteiger partial charge is 0.239 e. The van der Waals surface area contributed by atoms with Crippen LogP contribution in [0.4, 0.5) is 11.6 Å². The fraction of sp³-hybridized carbons (Fsp3) is 0.643. The van der Waals surface area contributed by atoms with Crippen LogP contribution in [0.25, 0.3) is 0 Å². The fourth-order valence-corrected chi connectivity index (χ4v) is 1.53. The number of ether oxygens (including phenoxy) is 1. The molecule has 1 amide bonds. The first kappa shape index (κ1) is 17.2. The molecule has 0 saturated carbocycles. The number of amides is 1. The Bertz CT molecular complexity index is 471. The van der Waals surface area contributed by atoms with E-state index < -0.39 is 0 Å². The predicted octanol–water partition coefficient (Wildman–Crippen LogP) is 0.990. The van der Waals surface area contributed by atoms with Gasteiger partial charge < -0.3 is 20.7 Å². The lowest BCUT2D eigenvalue weighted by Gasteiger charge is -2.18. The number of rotatable bonds is 7. The average molecular weight is 295 g/mol. The Kier molecular flexibility index (Phi) is 6.36. The van der Waals surface area contributed by atoms with E-state index in [1.807, 2.05) is 20.8 Å². The van der Waals surface area contributed by atoms with Crippen LogP contribution in [0, 0.1) is 0 Å². The van der Waals surface area contributed by atoms with Gasteiger partial charge in [0, 0.05) is 32.2 Å². The lowest BCUT2D eigenvalue weighted by Crippen LogP contribution is -2.32. The first-order chi connectivity index (χ1) is 9.86. The van der Waals surface area contributed by atoms with Crippen molar-refractivity contribution in [3.63, 3.8) is 0 Å². The van der Waals surface area contributed by atoms with Gasteiger partial charge in [0.15, 0.2) is 0 Å². The molecular formula is C14H25N5O2. The van der Waals surface area contributed by atoms with E-state index in [1.165, 1.54) is 0 Å². The third kappa shape index (κ3) is 5.95. The van der Waals surface area contributed by atoms with E-state index in [-0.39, 0.29) is 17.9 Å². The molecule has 1 rings (SSSR count). The van der Waals surface area contributed by atoms with Gasteiger partial charge in [0.05, 0.1) is 13.2 Å². The Balaban J connectivity index is 2.68. The second-order valence-corrected chi connectivity index (χ2v) is 5.66. The van der Waals surface area contributed by atoms with Gasteiger partial charge in [-0.15, -0.1) is 0 Å². The van der Waals surface area contributed by atoms with E-state index in [9.17, 15) is 4.79 Å². The highest BCUT2D eigenvalue weighted by Gasteiger charge is 2.19. The van der Waals surface area contributed by atoms with E-state index in [2.05, 4.69) is 25.9 Å². The molecule has 21 heavy (non-hydrogen) atoms. The summed E-state index contributed by atoms with van der Waals surface area (Å²) in [5.74, 6) is 1.96. The van der Waals surface area contributed by atoms with Gasteiger partial charge in [-0.1, -0.05) is 20.8 Å². The third-order valence-corrected chi connectivity index (χ3v) is 2.71. The van der Waals surface area contributed by atoms with Crippen molar-refractivity contribution >= 4 is 17.5 Å². The van der Waals surface area contributed by atoms with Gasteiger partial charge in [-0.2, -0.15) is 0 Å². The Labute approximate surface area is 125 Å². The number of carbonyl (C=O) groups excluding carboxylic acids is 1. The Morgan fingerprint density at radius 3 is 2.52 bits per heavy atom. The normalized spacial score (nSPS) is 11.1. The number of aromatic nitrogens is 2. The van der Waals surface area contributed by atoms with Crippen molar-refractivity contribution in [2.45, 2.75) is 26.2 Å². The molecule has 0 radical (unpaired) electrons. The number of carbonyl (C=O) groups is 1. The molecule has 7 nitrogen and oxygen atoms in total. The molecule has 0 atom stereocenters. The highest BCUT2D eigenvalue weighted by molar-refractivity contribution is 5.80. The molecule has 3 N–H and O–H groups in total. The van der Waals surface area contributed by atoms with Gasteiger partial charge in [0.1, 0.15) is 17.5 Å². The van der Waals surface area contributed by atoms with E-state index in [4.69, 9.17) is 4.74 Å². The largest absolute Gasteiger partial charge is 0.383 e. The summed E-state index contributed by atoms with van der Waals surface area (Å²) in [6.45, 7) is 7.29. The van der Waals surface area contributed by atoms with Crippen LogP contribution in [0.5, 0.6) is 0 Å². The minimum atomic E-state index is -0.163. The topological polar surface area (TPSA) is 88.2 Å². The highest BCUT2D eigenvalue weighted by Crippen LogP contribution is 2.21.